The van der Waals surface area contributed by atoms with Crippen LogP contribution in [-0.2, 0) is 7.05 Å². The van der Waals surface area contributed by atoms with Crippen LogP contribution in [0.5, 0.6) is 5.75 Å². The second kappa shape index (κ2) is 5.99. The third kappa shape index (κ3) is 3.07. The van der Waals surface area contributed by atoms with Crippen LogP contribution in [0.4, 0.5) is 0 Å². The van der Waals surface area contributed by atoms with E-state index in [9.17, 15) is 4.79 Å². The number of methoxy groups -OCH3 is 1. The minimum atomic E-state index is -0.0959. The van der Waals surface area contributed by atoms with Crippen LogP contribution in [-0.4, -0.2) is 22.8 Å². The Balaban J connectivity index is 2.14. The van der Waals surface area contributed by atoms with Gasteiger partial charge in [0.25, 0.3) is 5.91 Å². The molecule has 0 aliphatic rings. The monoisotopic (exact) mass is 287 g/mol. The largest absolute Gasteiger partial charge is 0.497 e. The SMILES string of the molecule is COc1ccc(C(C)NC(=O)c2c(C)nn(C)c2C)cc1. The minimum absolute atomic E-state index is 0.0811. The van der Waals surface area contributed by atoms with Gasteiger partial charge in [0.2, 0.25) is 0 Å². The molecule has 0 bridgehead atoms. The van der Waals surface area contributed by atoms with Gasteiger partial charge in [-0.2, -0.15) is 5.10 Å². The van der Waals surface area contributed by atoms with Crippen molar-refractivity contribution >= 4 is 5.91 Å². The van der Waals surface area contributed by atoms with Gasteiger partial charge in [-0.3, -0.25) is 9.48 Å². The molecule has 0 saturated carbocycles. The summed E-state index contributed by atoms with van der Waals surface area (Å²) in [6, 6.07) is 7.60. The van der Waals surface area contributed by atoms with Crippen LogP contribution in [0.2, 0.25) is 0 Å². The Labute approximate surface area is 124 Å². The first kappa shape index (κ1) is 15.1. The highest BCUT2D eigenvalue weighted by molar-refractivity contribution is 5.96. The number of carbonyl (C=O) groups excluding carboxylic acids is 1. The number of aromatic nitrogens is 2. The standard InChI is InChI=1S/C16H21N3O2/c1-10(13-6-8-14(21-5)9-7-13)17-16(20)15-11(2)18-19(4)12(15)3/h6-10H,1-5H3,(H,17,20). The molecule has 112 valence electrons. The van der Waals surface area contributed by atoms with E-state index in [0.29, 0.717) is 5.56 Å². The van der Waals surface area contributed by atoms with Crippen LogP contribution < -0.4 is 10.1 Å². The van der Waals surface area contributed by atoms with Crippen molar-refractivity contribution in [1.82, 2.24) is 15.1 Å². The summed E-state index contributed by atoms with van der Waals surface area (Å²) < 4.78 is 6.86. The van der Waals surface area contributed by atoms with Gasteiger partial charge in [0.1, 0.15) is 5.75 Å². The first-order valence-corrected chi connectivity index (χ1v) is 6.89. The zero-order valence-electron chi connectivity index (χ0n) is 13.1. The molecule has 1 amide bonds. The molecule has 0 aliphatic carbocycles. The van der Waals surface area contributed by atoms with Gasteiger partial charge in [-0.1, -0.05) is 12.1 Å². The summed E-state index contributed by atoms with van der Waals surface area (Å²) in [6.07, 6.45) is 0. The van der Waals surface area contributed by atoms with Crippen LogP contribution in [0.3, 0.4) is 0 Å². The first-order valence-electron chi connectivity index (χ1n) is 6.89. The molecule has 1 N–H and O–H groups in total. The lowest BCUT2D eigenvalue weighted by atomic mass is 10.1. The zero-order valence-corrected chi connectivity index (χ0v) is 13.1. The molecule has 5 heteroatoms. The smallest absolute Gasteiger partial charge is 0.255 e. The Morgan fingerprint density at radius 2 is 1.90 bits per heavy atom. The predicted octanol–water partition coefficient (Wildman–Crippen LogP) is 2.54. The first-order chi connectivity index (χ1) is 9.93. The summed E-state index contributed by atoms with van der Waals surface area (Å²) in [5, 5.41) is 7.29. The van der Waals surface area contributed by atoms with E-state index in [1.165, 1.54) is 0 Å². The fourth-order valence-corrected chi connectivity index (χ4v) is 2.35. The number of amides is 1. The lowest BCUT2D eigenvalue weighted by molar-refractivity contribution is 0.0938. The van der Waals surface area contributed by atoms with Crippen molar-refractivity contribution in [3.8, 4) is 5.75 Å². The number of carbonyl (C=O) groups is 1. The van der Waals surface area contributed by atoms with Gasteiger partial charge in [0, 0.05) is 12.7 Å². The summed E-state index contributed by atoms with van der Waals surface area (Å²) >= 11 is 0. The van der Waals surface area contributed by atoms with E-state index >= 15 is 0 Å². The maximum Gasteiger partial charge on any atom is 0.255 e. The molecule has 0 radical (unpaired) electrons. The number of hydrogen-bond acceptors (Lipinski definition) is 3. The maximum atomic E-state index is 12.4. The zero-order chi connectivity index (χ0) is 15.6. The van der Waals surface area contributed by atoms with E-state index < -0.39 is 0 Å². The molecule has 1 aromatic carbocycles. The maximum absolute atomic E-state index is 12.4. The fraction of sp³-hybridized carbons (Fsp3) is 0.375. The molecule has 0 saturated heterocycles. The van der Waals surface area contributed by atoms with Gasteiger partial charge in [0.05, 0.1) is 24.4 Å². The van der Waals surface area contributed by atoms with Crippen LogP contribution in [0.25, 0.3) is 0 Å². The number of hydrogen-bond donors (Lipinski definition) is 1. The molecule has 0 spiro atoms. The van der Waals surface area contributed by atoms with E-state index in [2.05, 4.69) is 10.4 Å². The van der Waals surface area contributed by atoms with Crippen molar-refractivity contribution in [1.29, 1.82) is 0 Å². The van der Waals surface area contributed by atoms with Gasteiger partial charge in [0.15, 0.2) is 0 Å². The highest BCUT2D eigenvalue weighted by Gasteiger charge is 2.19. The van der Waals surface area contributed by atoms with Gasteiger partial charge in [-0.15, -0.1) is 0 Å². The second-order valence-corrected chi connectivity index (χ2v) is 5.14. The summed E-state index contributed by atoms with van der Waals surface area (Å²) in [7, 11) is 3.47. The molecular formula is C16H21N3O2. The van der Waals surface area contributed by atoms with E-state index in [-0.39, 0.29) is 11.9 Å². The number of rotatable bonds is 4. The second-order valence-electron chi connectivity index (χ2n) is 5.14. The predicted molar refractivity (Wildman–Crippen MR) is 81.6 cm³/mol. The lowest BCUT2D eigenvalue weighted by Crippen LogP contribution is -2.27. The molecule has 1 aromatic heterocycles. The Morgan fingerprint density at radius 1 is 1.29 bits per heavy atom. The molecule has 0 fully saturated rings. The summed E-state index contributed by atoms with van der Waals surface area (Å²) in [6.45, 7) is 5.70. The molecule has 2 rings (SSSR count). The fourth-order valence-electron chi connectivity index (χ4n) is 2.35. The highest BCUT2D eigenvalue weighted by Crippen LogP contribution is 2.19. The topological polar surface area (TPSA) is 56.1 Å². The Morgan fingerprint density at radius 3 is 2.38 bits per heavy atom. The molecule has 5 nitrogen and oxygen atoms in total. The van der Waals surface area contributed by atoms with E-state index in [1.54, 1.807) is 11.8 Å². The number of benzene rings is 1. The molecule has 1 unspecified atom stereocenters. The van der Waals surface area contributed by atoms with Gasteiger partial charge in [-0.25, -0.2) is 0 Å². The Bertz CT molecular complexity index is 644. The van der Waals surface area contributed by atoms with Crippen molar-refractivity contribution in [2.75, 3.05) is 7.11 Å². The lowest BCUT2D eigenvalue weighted by Gasteiger charge is -2.15. The molecule has 0 aliphatic heterocycles. The molecule has 21 heavy (non-hydrogen) atoms. The third-order valence-electron chi connectivity index (χ3n) is 3.70. The van der Waals surface area contributed by atoms with Gasteiger partial charge in [-0.05, 0) is 38.5 Å². The molecule has 2 aromatic rings. The highest BCUT2D eigenvalue weighted by atomic mass is 16.5. The van der Waals surface area contributed by atoms with E-state index in [0.717, 1.165) is 22.7 Å². The molecule has 1 atom stereocenters. The van der Waals surface area contributed by atoms with E-state index in [4.69, 9.17) is 4.74 Å². The third-order valence-corrected chi connectivity index (χ3v) is 3.70. The van der Waals surface area contributed by atoms with Gasteiger partial charge < -0.3 is 10.1 Å². The quantitative estimate of drug-likeness (QED) is 0.940. The molecular weight excluding hydrogens is 266 g/mol. The minimum Gasteiger partial charge on any atom is -0.497 e. The average Bonchev–Trinajstić information content (AvgIpc) is 2.72. The number of nitrogens with zero attached hydrogens (tertiary/aromatic N) is 2. The van der Waals surface area contributed by atoms with E-state index in [1.807, 2.05) is 52.1 Å². The Hall–Kier alpha value is -2.30. The van der Waals surface area contributed by atoms with Crippen molar-refractivity contribution < 1.29 is 9.53 Å². The summed E-state index contributed by atoms with van der Waals surface area (Å²) in [5.74, 6) is 0.706. The van der Waals surface area contributed by atoms with Crippen molar-refractivity contribution in [3.63, 3.8) is 0 Å². The number of nitrogens with one attached hydrogen (secondary N) is 1. The van der Waals surface area contributed by atoms with Crippen molar-refractivity contribution in [2.45, 2.75) is 26.8 Å². The van der Waals surface area contributed by atoms with Crippen molar-refractivity contribution in [2.24, 2.45) is 7.05 Å². The van der Waals surface area contributed by atoms with Crippen molar-refractivity contribution in [3.05, 3.63) is 46.8 Å². The number of ether oxygens (including phenoxy) is 1. The average molecular weight is 287 g/mol. The van der Waals surface area contributed by atoms with Gasteiger partial charge >= 0.3 is 0 Å². The van der Waals surface area contributed by atoms with Crippen LogP contribution in [0.15, 0.2) is 24.3 Å². The normalized spacial score (nSPS) is 12.0. The van der Waals surface area contributed by atoms with Crippen LogP contribution in [0, 0.1) is 13.8 Å². The summed E-state index contributed by atoms with van der Waals surface area (Å²) in [4.78, 5) is 12.4. The van der Waals surface area contributed by atoms with Crippen LogP contribution in [0.1, 0.15) is 40.3 Å². The summed E-state index contributed by atoms with van der Waals surface area (Å²) in [5.41, 5.74) is 3.29. The molecule has 1 heterocycles. The number of aryl methyl sites for hydroxylation is 2. The van der Waals surface area contributed by atoms with Crippen LogP contribution >= 0.6 is 0 Å². The Kier molecular flexibility index (Phi) is 4.31.